The zero-order chi connectivity index (χ0) is 10.4. The van der Waals surface area contributed by atoms with Gasteiger partial charge in [-0.3, -0.25) is 0 Å². The first-order valence-electron chi connectivity index (χ1n) is 5.00. The third-order valence-corrected chi connectivity index (χ3v) is 2.61. The summed E-state index contributed by atoms with van der Waals surface area (Å²) in [7, 11) is 0. The monoisotopic (exact) mass is 215 g/mol. The maximum Gasteiger partial charge on any atom is 0.202 e. The van der Waals surface area contributed by atoms with E-state index in [1.807, 2.05) is 6.92 Å². The maximum atomic E-state index is 9.47. The lowest BCUT2D eigenvalue weighted by atomic mass is 10.2. The van der Waals surface area contributed by atoms with Crippen molar-refractivity contribution in [3.05, 3.63) is 5.82 Å². The molecule has 0 saturated carbocycles. The lowest BCUT2D eigenvalue weighted by molar-refractivity contribution is 0.176. The van der Waals surface area contributed by atoms with Crippen LogP contribution in [0.2, 0.25) is 0 Å². The molecule has 0 radical (unpaired) electrons. The standard InChI is InChI=1S/C9H17N3OS/c1-3-5-7(13)6-10-9-11-8(4-2)12-14-9/h7,13H,3-6H2,1-2H3,(H,10,11,12). The number of nitrogens with zero attached hydrogens (tertiary/aromatic N) is 2. The molecular formula is C9H17N3OS. The summed E-state index contributed by atoms with van der Waals surface area (Å²) in [5.74, 6) is 0.863. The van der Waals surface area contributed by atoms with Gasteiger partial charge in [0.15, 0.2) is 0 Å². The molecule has 0 aliphatic carbocycles. The van der Waals surface area contributed by atoms with Gasteiger partial charge in [-0.2, -0.15) is 4.37 Å². The molecule has 1 atom stereocenters. The number of aliphatic hydroxyl groups excluding tert-OH is 1. The van der Waals surface area contributed by atoms with Crippen LogP contribution in [-0.2, 0) is 6.42 Å². The second-order valence-electron chi connectivity index (χ2n) is 3.19. The summed E-state index contributed by atoms with van der Waals surface area (Å²) in [6.07, 6.45) is 2.40. The SMILES string of the molecule is CCCC(O)CNc1nc(CC)ns1. The largest absolute Gasteiger partial charge is 0.391 e. The Morgan fingerprint density at radius 1 is 1.50 bits per heavy atom. The fraction of sp³-hybridized carbons (Fsp3) is 0.778. The van der Waals surface area contributed by atoms with Crippen molar-refractivity contribution in [1.82, 2.24) is 9.36 Å². The van der Waals surface area contributed by atoms with E-state index in [2.05, 4.69) is 21.6 Å². The first-order valence-corrected chi connectivity index (χ1v) is 5.78. The third-order valence-electron chi connectivity index (χ3n) is 1.90. The van der Waals surface area contributed by atoms with Crippen LogP contribution in [-0.4, -0.2) is 27.1 Å². The smallest absolute Gasteiger partial charge is 0.202 e. The van der Waals surface area contributed by atoms with Crippen molar-refractivity contribution in [2.45, 2.75) is 39.2 Å². The van der Waals surface area contributed by atoms with E-state index >= 15 is 0 Å². The molecule has 1 aromatic heterocycles. The Morgan fingerprint density at radius 3 is 2.86 bits per heavy atom. The molecule has 2 N–H and O–H groups in total. The minimum atomic E-state index is -0.283. The maximum absolute atomic E-state index is 9.47. The Bertz CT molecular complexity index is 264. The normalized spacial score (nSPS) is 12.8. The van der Waals surface area contributed by atoms with Gasteiger partial charge in [0.05, 0.1) is 6.10 Å². The minimum Gasteiger partial charge on any atom is -0.391 e. The third kappa shape index (κ3) is 3.59. The molecule has 14 heavy (non-hydrogen) atoms. The predicted octanol–water partition coefficient (Wildman–Crippen LogP) is 1.67. The van der Waals surface area contributed by atoms with Crippen LogP contribution in [0.25, 0.3) is 0 Å². The summed E-state index contributed by atoms with van der Waals surface area (Å²) < 4.78 is 4.15. The van der Waals surface area contributed by atoms with E-state index in [0.29, 0.717) is 6.54 Å². The van der Waals surface area contributed by atoms with Gasteiger partial charge in [-0.1, -0.05) is 20.3 Å². The van der Waals surface area contributed by atoms with Crippen LogP contribution in [0.4, 0.5) is 5.13 Å². The van der Waals surface area contributed by atoms with Crippen LogP contribution in [0, 0.1) is 0 Å². The van der Waals surface area contributed by atoms with Crippen molar-refractivity contribution in [2.24, 2.45) is 0 Å². The van der Waals surface area contributed by atoms with Gasteiger partial charge in [-0.15, -0.1) is 0 Å². The van der Waals surface area contributed by atoms with Gasteiger partial charge in [0, 0.05) is 24.5 Å². The van der Waals surface area contributed by atoms with Crippen molar-refractivity contribution in [3.8, 4) is 0 Å². The average Bonchev–Trinajstić information content (AvgIpc) is 2.63. The van der Waals surface area contributed by atoms with E-state index in [4.69, 9.17) is 0 Å². The average molecular weight is 215 g/mol. The van der Waals surface area contributed by atoms with Gasteiger partial charge < -0.3 is 10.4 Å². The zero-order valence-electron chi connectivity index (χ0n) is 8.66. The molecule has 0 amide bonds. The Labute approximate surface area is 88.6 Å². The molecule has 0 aliphatic heterocycles. The van der Waals surface area contributed by atoms with Gasteiger partial charge in [0.1, 0.15) is 5.82 Å². The van der Waals surface area contributed by atoms with Crippen LogP contribution in [0.1, 0.15) is 32.5 Å². The highest BCUT2D eigenvalue weighted by atomic mass is 32.1. The summed E-state index contributed by atoms with van der Waals surface area (Å²) in [6, 6.07) is 0. The van der Waals surface area contributed by atoms with Crippen LogP contribution < -0.4 is 5.32 Å². The molecule has 0 spiro atoms. The highest BCUT2D eigenvalue weighted by Gasteiger charge is 2.05. The molecule has 1 aromatic rings. The van der Waals surface area contributed by atoms with Crippen molar-refractivity contribution >= 4 is 16.7 Å². The van der Waals surface area contributed by atoms with Crippen LogP contribution in [0.3, 0.4) is 0 Å². The van der Waals surface area contributed by atoms with Crippen molar-refractivity contribution in [3.63, 3.8) is 0 Å². The fourth-order valence-corrected chi connectivity index (χ4v) is 1.77. The van der Waals surface area contributed by atoms with Crippen molar-refractivity contribution in [1.29, 1.82) is 0 Å². The zero-order valence-corrected chi connectivity index (χ0v) is 9.47. The van der Waals surface area contributed by atoms with E-state index < -0.39 is 0 Å². The first-order chi connectivity index (χ1) is 6.76. The number of hydrogen-bond acceptors (Lipinski definition) is 5. The molecule has 0 bridgehead atoms. The number of aromatic nitrogens is 2. The van der Waals surface area contributed by atoms with Gasteiger partial charge in [-0.25, -0.2) is 4.98 Å². The summed E-state index contributed by atoms with van der Waals surface area (Å²) in [4.78, 5) is 4.25. The van der Waals surface area contributed by atoms with Gasteiger partial charge in [0.2, 0.25) is 5.13 Å². The van der Waals surface area contributed by atoms with Crippen LogP contribution in [0.5, 0.6) is 0 Å². The summed E-state index contributed by atoms with van der Waals surface area (Å²) >= 11 is 1.35. The molecule has 1 rings (SSSR count). The Morgan fingerprint density at radius 2 is 2.29 bits per heavy atom. The minimum absolute atomic E-state index is 0.283. The fourth-order valence-electron chi connectivity index (χ4n) is 1.11. The molecule has 0 aromatic carbocycles. The Kier molecular flexibility index (Phi) is 4.82. The molecule has 0 saturated heterocycles. The lowest BCUT2D eigenvalue weighted by Crippen LogP contribution is -2.18. The summed E-state index contributed by atoms with van der Waals surface area (Å²) in [5.41, 5.74) is 0. The second-order valence-corrected chi connectivity index (χ2v) is 3.94. The number of anilines is 1. The highest BCUT2D eigenvalue weighted by molar-refractivity contribution is 7.09. The van der Waals surface area contributed by atoms with E-state index in [9.17, 15) is 5.11 Å². The van der Waals surface area contributed by atoms with Gasteiger partial charge in [-0.05, 0) is 6.42 Å². The van der Waals surface area contributed by atoms with Crippen LogP contribution in [0.15, 0.2) is 0 Å². The number of aliphatic hydroxyl groups is 1. The number of aryl methyl sites for hydroxylation is 1. The highest BCUT2D eigenvalue weighted by Crippen LogP contribution is 2.11. The van der Waals surface area contributed by atoms with Gasteiger partial charge in [0.25, 0.3) is 0 Å². The molecule has 0 fully saturated rings. The first kappa shape index (κ1) is 11.4. The van der Waals surface area contributed by atoms with E-state index in [1.165, 1.54) is 11.5 Å². The summed E-state index contributed by atoms with van der Waals surface area (Å²) in [6.45, 7) is 4.65. The quantitative estimate of drug-likeness (QED) is 0.758. The van der Waals surface area contributed by atoms with E-state index in [-0.39, 0.29) is 6.10 Å². The van der Waals surface area contributed by atoms with Crippen LogP contribution >= 0.6 is 11.5 Å². The Hall–Kier alpha value is -0.680. The molecule has 4 nitrogen and oxygen atoms in total. The molecular weight excluding hydrogens is 198 g/mol. The van der Waals surface area contributed by atoms with E-state index in [1.54, 1.807) is 0 Å². The topological polar surface area (TPSA) is 58.0 Å². The van der Waals surface area contributed by atoms with Gasteiger partial charge >= 0.3 is 0 Å². The molecule has 80 valence electrons. The molecule has 1 heterocycles. The number of nitrogens with one attached hydrogen (secondary N) is 1. The van der Waals surface area contributed by atoms with Crippen molar-refractivity contribution < 1.29 is 5.11 Å². The lowest BCUT2D eigenvalue weighted by Gasteiger charge is -2.08. The van der Waals surface area contributed by atoms with E-state index in [0.717, 1.165) is 30.2 Å². The second kappa shape index (κ2) is 5.93. The Balaban J connectivity index is 2.30. The number of hydrogen-bond donors (Lipinski definition) is 2. The predicted molar refractivity (Wildman–Crippen MR) is 58.7 cm³/mol. The molecule has 1 unspecified atom stereocenters. The van der Waals surface area contributed by atoms with Crippen molar-refractivity contribution in [2.75, 3.05) is 11.9 Å². The molecule has 5 heteroatoms. The summed E-state index contributed by atoms with van der Waals surface area (Å²) in [5, 5.41) is 13.4. The molecule has 0 aliphatic rings. The number of rotatable bonds is 6.